The largest absolute Gasteiger partial charge is 0.193 e. The fourth-order valence-electron chi connectivity index (χ4n) is 1.65. The number of nitrogens with zero attached hydrogens (tertiary/aromatic N) is 1. The molecule has 2 rings (SSSR count). The van der Waals surface area contributed by atoms with E-state index in [1.165, 1.54) is 0 Å². The average Bonchev–Trinajstić information content (AvgIpc) is 2.62. The Morgan fingerprint density at radius 3 is 3.00 bits per heavy atom. The van der Waals surface area contributed by atoms with E-state index in [2.05, 4.69) is 19.1 Å². The van der Waals surface area contributed by atoms with Crippen molar-refractivity contribution in [1.29, 1.82) is 5.26 Å². The first kappa shape index (κ1) is 5.73. The van der Waals surface area contributed by atoms with Gasteiger partial charge in [0.25, 0.3) is 0 Å². The van der Waals surface area contributed by atoms with E-state index in [-0.39, 0.29) is 0 Å². The summed E-state index contributed by atoms with van der Waals surface area (Å²) in [6, 6.07) is 2.20. The van der Waals surface area contributed by atoms with Gasteiger partial charge in [0.2, 0.25) is 0 Å². The van der Waals surface area contributed by atoms with Crippen LogP contribution in [0.15, 0.2) is 23.3 Å². The van der Waals surface area contributed by atoms with Crippen LogP contribution in [0.5, 0.6) is 0 Å². The minimum Gasteiger partial charge on any atom is -0.193 e. The zero-order valence-corrected chi connectivity index (χ0v) is 5.96. The summed E-state index contributed by atoms with van der Waals surface area (Å²) in [6.07, 6.45) is 5.05. The molecule has 0 aromatic rings. The molecule has 0 amide bonds. The zero-order chi connectivity index (χ0) is 7.14. The van der Waals surface area contributed by atoms with Gasteiger partial charge in [0, 0.05) is 5.57 Å². The van der Waals surface area contributed by atoms with Crippen molar-refractivity contribution in [2.45, 2.75) is 13.3 Å². The van der Waals surface area contributed by atoms with Crippen LogP contribution in [0.4, 0.5) is 0 Å². The molecular weight excluding hydrogens is 122 g/mol. The summed E-state index contributed by atoms with van der Waals surface area (Å²) in [5.41, 5.74) is 2.48. The first-order valence-corrected chi connectivity index (χ1v) is 3.63. The predicted molar refractivity (Wildman–Crippen MR) is 39.1 cm³/mol. The Morgan fingerprint density at radius 1 is 1.60 bits per heavy atom. The van der Waals surface area contributed by atoms with Gasteiger partial charge in [-0.1, -0.05) is 18.6 Å². The maximum atomic E-state index is 8.57. The Balaban J connectivity index is 2.22. The second-order valence-corrected chi connectivity index (χ2v) is 3.07. The second-order valence-electron chi connectivity index (χ2n) is 3.07. The highest BCUT2D eigenvalue weighted by atomic mass is 14.5. The normalized spacial score (nSPS) is 35.2. The molecule has 1 fully saturated rings. The molecule has 1 nitrogen and oxygen atoms in total. The zero-order valence-electron chi connectivity index (χ0n) is 5.96. The molecule has 2 aliphatic carbocycles. The Kier molecular flexibility index (Phi) is 0.990. The molecule has 0 bridgehead atoms. The molecule has 2 unspecified atom stereocenters. The summed E-state index contributed by atoms with van der Waals surface area (Å²) < 4.78 is 0. The Labute approximate surface area is 60.7 Å². The van der Waals surface area contributed by atoms with E-state index in [1.54, 1.807) is 5.57 Å². The second kappa shape index (κ2) is 1.73. The quantitative estimate of drug-likeness (QED) is 0.493. The van der Waals surface area contributed by atoms with Gasteiger partial charge in [0.05, 0.1) is 6.07 Å². The molecule has 1 heteroatoms. The molecule has 0 aromatic carbocycles. The lowest BCUT2D eigenvalue weighted by molar-refractivity contribution is 0.752. The van der Waals surface area contributed by atoms with Gasteiger partial charge < -0.3 is 0 Å². The molecule has 50 valence electrons. The topological polar surface area (TPSA) is 23.8 Å². The number of hydrogen-bond acceptors (Lipinski definition) is 1. The predicted octanol–water partition coefficient (Wildman–Crippen LogP) is 2.03. The van der Waals surface area contributed by atoms with Crippen LogP contribution in [0.1, 0.15) is 13.3 Å². The monoisotopic (exact) mass is 131 g/mol. The van der Waals surface area contributed by atoms with Crippen LogP contribution < -0.4 is 0 Å². The molecule has 10 heavy (non-hydrogen) atoms. The molecule has 2 atom stereocenters. The van der Waals surface area contributed by atoms with Gasteiger partial charge in [0.15, 0.2) is 0 Å². The molecule has 0 saturated heterocycles. The third-order valence-corrected chi connectivity index (χ3v) is 2.51. The van der Waals surface area contributed by atoms with E-state index in [9.17, 15) is 0 Å². The van der Waals surface area contributed by atoms with Crippen molar-refractivity contribution in [3.8, 4) is 6.07 Å². The summed E-state index contributed by atoms with van der Waals surface area (Å²) in [5.74, 6) is 1.47. The van der Waals surface area contributed by atoms with E-state index < -0.39 is 0 Å². The van der Waals surface area contributed by atoms with Crippen molar-refractivity contribution >= 4 is 0 Å². The third-order valence-electron chi connectivity index (χ3n) is 2.51. The van der Waals surface area contributed by atoms with Crippen LogP contribution >= 0.6 is 0 Å². The Bertz CT molecular complexity index is 265. The summed E-state index contributed by atoms with van der Waals surface area (Å²) in [6.45, 7) is 2.23. The lowest BCUT2D eigenvalue weighted by Gasteiger charge is -1.96. The highest BCUT2D eigenvalue weighted by molar-refractivity contribution is 5.43. The maximum absolute atomic E-state index is 8.57. The maximum Gasteiger partial charge on any atom is 0.0947 e. The number of allylic oxidation sites excluding steroid dienone is 4. The Hall–Kier alpha value is -1.03. The summed E-state index contributed by atoms with van der Waals surface area (Å²) in [4.78, 5) is 0. The van der Waals surface area contributed by atoms with Crippen LogP contribution in [0.3, 0.4) is 0 Å². The van der Waals surface area contributed by atoms with E-state index >= 15 is 0 Å². The van der Waals surface area contributed by atoms with Crippen LogP contribution in [0.25, 0.3) is 0 Å². The van der Waals surface area contributed by atoms with E-state index in [0.29, 0.717) is 0 Å². The van der Waals surface area contributed by atoms with Gasteiger partial charge in [0.1, 0.15) is 0 Å². The summed E-state index contributed by atoms with van der Waals surface area (Å²) >= 11 is 0. The molecule has 2 aliphatic rings. The third kappa shape index (κ3) is 0.623. The van der Waals surface area contributed by atoms with Crippen LogP contribution in [0.2, 0.25) is 0 Å². The van der Waals surface area contributed by atoms with E-state index in [1.807, 2.05) is 6.08 Å². The standard InChI is InChI=1S/C9H9N/c1-6-8-3-2-7(5-10)4-9(6)8/h2-3,6,9H,4H2,1H3. The minimum atomic E-state index is 0.722. The highest BCUT2D eigenvalue weighted by Crippen LogP contribution is 2.50. The van der Waals surface area contributed by atoms with Gasteiger partial charge in [-0.2, -0.15) is 5.26 Å². The lowest BCUT2D eigenvalue weighted by atomic mass is 10.1. The van der Waals surface area contributed by atoms with Gasteiger partial charge >= 0.3 is 0 Å². The SMILES string of the molecule is CC1C2=CC=C(C#N)CC21. The van der Waals surface area contributed by atoms with Crippen LogP contribution in [0, 0.1) is 23.2 Å². The molecule has 0 aliphatic heterocycles. The van der Waals surface area contributed by atoms with Crippen molar-refractivity contribution in [3.05, 3.63) is 23.3 Å². The number of hydrogen-bond donors (Lipinski definition) is 0. The first-order chi connectivity index (χ1) is 4.83. The number of fused-ring (bicyclic) bond motifs is 1. The van der Waals surface area contributed by atoms with Crippen LogP contribution in [-0.4, -0.2) is 0 Å². The van der Waals surface area contributed by atoms with Gasteiger partial charge in [-0.25, -0.2) is 0 Å². The van der Waals surface area contributed by atoms with Gasteiger partial charge in [-0.05, 0) is 24.3 Å². The number of rotatable bonds is 0. The van der Waals surface area contributed by atoms with E-state index in [0.717, 1.165) is 23.8 Å². The molecule has 0 spiro atoms. The van der Waals surface area contributed by atoms with Gasteiger partial charge in [-0.15, -0.1) is 0 Å². The highest BCUT2D eigenvalue weighted by Gasteiger charge is 2.41. The Morgan fingerprint density at radius 2 is 2.40 bits per heavy atom. The summed E-state index contributed by atoms with van der Waals surface area (Å²) in [7, 11) is 0. The van der Waals surface area contributed by atoms with Crippen molar-refractivity contribution in [2.75, 3.05) is 0 Å². The molecule has 1 saturated carbocycles. The number of nitriles is 1. The molecule has 0 heterocycles. The van der Waals surface area contributed by atoms with Crippen molar-refractivity contribution < 1.29 is 0 Å². The van der Waals surface area contributed by atoms with Crippen molar-refractivity contribution in [2.24, 2.45) is 11.8 Å². The fourth-order valence-corrected chi connectivity index (χ4v) is 1.65. The lowest BCUT2D eigenvalue weighted by Crippen LogP contribution is -1.85. The smallest absolute Gasteiger partial charge is 0.0947 e. The molecular formula is C9H9N. The minimum absolute atomic E-state index is 0.722. The fraction of sp³-hybridized carbons (Fsp3) is 0.444. The molecule has 0 N–H and O–H groups in total. The van der Waals surface area contributed by atoms with Crippen molar-refractivity contribution in [1.82, 2.24) is 0 Å². The summed E-state index contributed by atoms with van der Waals surface area (Å²) in [5, 5.41) is 8.57. The first-order valence-electron chi connectivity index (χ1n) is 3.63. The van der Waals surface area contributed by atoms with Crippen LogP contribution in [-0.2, 0) is 0 Å². The molecule has 0 radical (unpaired) electrons. The average molecular weight is 131 g/mol. The van der Waals surface area contributed by atoms with E-state index in [4.69, 9.17) is 5.26 Å². The molecule has 0 aromatic heterocycles. The van der Waals surface area contributed by atoms with Gasteiger partial charge in [-0.3, -0.25) is 0 Å². The van der Waals surface area contributed by atoms with Crippen molar-refractivity contribution in [3.63, 3.8) is 0 Å².